The van der Waals surface area contributed by atoms with Crippen molar-refractivity contribution in [2.45, 2.75) is 18.6 Å². The van der Waals surface area contributed by atoms with E-state index in [1.165, 1.54) is 31.4 Å². The average Bonchev–Trinajstić information content (AvgIpc) is 2.60. The van der Waals surface area contributed by atoms with Crippen molar-refractivity contribution in [3.63, 3.8) is 0 Å². The predicted octanol–water partition coefficient (Wildman–Crippen LogP) is 1.64. The number of hydrogen-bond donors (Lipinski definition) is 3. The predicted molar refractivity (Wildman–Crippen MR) is 85.6 cm³/mol. The quantitative estimate of drug-likeness (QED) is 0.722. The molecular formula is C18H16O7. The Labute approximate surface area is 143 Å². The van der Waals surface area contributed by atoms with Crippen LogP contribution in [0.5, 0.6) is 28.7 Å². The second-order valence-corrected chi connectivity index (χ2v) is 6.09. The molecule has 2 aliphatic heterocycles. The van der Waals surface area contributed by atoms with Crippen molar-refractivity contribution in [3.8, 4) is 28.7 Å². The normalized spacial score (nSPS) is 23.6. The van der Waals surface area contributed by atoms with E-state index in [9.17, 15) is 20.1 Å². The Kier molecular flexibility index (Phi) is 3.14. The topological polar surface area (TPSA) is 105 Å². The van der Waals surface area contributed by atoms with Crippen LogP contribution >= 0.6 is 0 Å². The van der Waals surface area contributed by atoms with Crippen LogP contribution in [0.1, 0.15) is 21.5 Å². The number of benzene rings is 2. The van der Waals surface area contributed by atoms with E-state index in [0.29, 0.717) is 11.3 Å². The molecule has 2 aliphatic rings. The summed E-state index contributed by atoms with van der Waals surface area (Å²) in [6.45, 7) is 1.46. The zero-order chi connectivity index (χ0) is 17.9. The fraction of sp³-hybridized carbons (Fsp3) is 0.278. The lowest BCUT2D eigenvalue weighted by Gasteiger charge is -2.43. The fourth-order valence-corrected chi connectivity index (χ4v) is 3.41. The maximum atomic E-state index is 13.2. The number of methoxy groups -OCH3 is 1. The summed E-state index contributed by atoms with van der Waals surface area (Å²) in [5.74, 6) is -0.683. The molecule has 0 radical (unpaired) electrons. The number of aliphatic hydroxyl groups is 1. The largest absolute Gasteiger partial charge is 0.507 e. The molecule has 0 bridgehead atoms. The maximum absolute atomic E-state index is 13.2. The van der Waals surface area contributed by atoms with E-state index in [4.69, 9.17) is 14.2 Å². The number of carbonyl (C=O) groups excluding carboxylic acids is 1. The van der Waals surface area contributed by atoms with Gasteiger partial charge in [0.1, 0.15) is 29.4 Å². The Morgan fingerprint density at radius 1 is 1.32 bits per heavy atom. The third-order valence-electron chi connectivity index (χ3n) is 4.78. The number of ether oxygens (including phenoxy) is 3. The van der Waals surface area contributed by atoms with E-state index in [0.717, 1.165) is 0 Å². The monoisotopic (exact) mass is 344 g/mol. The number of ketones is 1. The molecule has 25 heavy (non-hydrogen) atoms. The lowest BCUT2D eigenvalue weighted by atomic mass is 9.77. The third kappa shape index (κ3) is 1.87. The summed E-state index contributed by atoms with van der Waals surface area (Å²) in [7, 11) is 1.44. The summed E-state index contributed by atoms with van der Waals surface area (Å²) in [6, 6.07) is 5.89. The van der Waals surface area contributed by atoms with Gasteiger partial charge in [-0.05, 0) is 13.0 Å². The molecule has 0 aromatic heterocycles. The molecule has 0 spiro atoms. The Morgan fingerprint density at radius 2 is 2.08 bits per heavy atom. The highest BCUT2D eigenvalue weighted by molar-refractivity contribution is 6.09. The molecule has 0 saturated heterocycles. The van der Waals surface area contributed by atoms with Crippen molar-refractivity contribution >= 4 is 5.78 Å². The van der Waals surface area contributed by atoms with Crippen LogP contribution < -0.4 is 14.2 Å². The standard InChI is InChI=1S/C18H16O7/c1-8-11(23-2)6-12-14(15(8)20)17(21)18(22)9-4-3-5-10(19)16(9)24-7-13(18)25-12/h3-6,13,19-20,22H,7H2,1-2H3/t13-,18+/m1/s1. The molecule has 0 amide bonds. The molecule has 2 heterocycles. The van der Waals surface area contributed by atoms with Crippen LogP contribution in [-0.4, -0.2) is 40.9 Å². The van der Waals surface area contributed by atoms with Gasteiger partial charge in [-0.3, -0.25) is 4.79 Å². The molecule has 3 N–H and O–H groups in total. The van der Waals surface area contributed by atoms with Crippen LogP contribution in [0.15, 0.2) is 24.3 Å². The minimum Gasteiger partial charge on any atom is -0.507 e. The number of Topliss-reactive ketones (excluding diaryl/α,β-unsaturated/α-hetero) is 1. The molecule has 7 heteroatoms. The number of rotatable bonds is 1. The van der Waals surface area contributed by atoms with E-state index < -0.39 is 17.5 Å². The van der Waals surface area contributed by atoms with Gasteiger partial charge in [-0.2, -0.15) is 0 Å². The van der Waals surface area contributed by atoms with Gasteiger partial charge in [0.15, 0.2) is 23.2 Å². The van der Waals surface area contributed by atoms with Crippen LogP contribution in [0, 0.1) is 6.92 Å². The molecule has 0 fully saturated rings. The smallest absolute Gasteiger partial charge is 0.210 e. The fourth-order valence-electron chi connectivity index (χ4n) is 3.41. The van der Waals surface area contributed by atoms with Crippen molar-refractivity contribution in [1.82, 2.24) is 0 Å². The minimum atomic E-state index is -2.07. The number of aromatic hydroxyl groups is 2. The summed E-state index contributed by atoms with van der Waals surface area (Å²) in [5, 5.41) is 31.6. The molecule has 4 rings (SSSR count). The number of hydrogen-bond acceptors (Lipinski definition) is 7. The van der Waals surface area contributed by atoms with Gasteiger partial charge in [-0.25, -0.2) is 0 Å². The first kappa shape index (κ1) is 15.6. The minimum absolute atomic E-state index is 0.0337. The lowest BCUT2D eigenvalue weighted by molar-refractivity contribution is -0.0806. The van der Waals surface area contributed by atoms with Crippen molar-refractivity contribution in [2.75, 3.05) is 13.7 Å². The van der Waals surface area contributed by atoms with Gasteiger partial charge in [0.05, 0.1) is 7.11 Å². The van der Waals surface area contributed by atoms with E-state index in [2.05, 4.69) is 0 Å². The van der Waals surface area contributed by atoms with Crippen LogP contribution in [0.25, 0.3) is 0 Å². The zero-order valence-corrected chi connectivity index (χ0v) is 13.6. The van der Waals surface area contributed by atoms with E-state index in [1.807, 2.05) is 0 Å². The first-order valence-corrected chi connectivity index (χ1v) is 7.69. The second kappa shape index (κ2) is 5.03. The molecule has 2 aromatic rings. The molecule has 2 atom stereocenters. The third-order valence-corrected chi connectivity index (χ3v) is 4.78. The number of fused-ring (bicyclic) bond motifs is 4. The van der Waals surface area contributed by atoms with Crippen LogP contribution in [0.3, 0.4) is 0 Å². The Morgan fingerprint density at radius 3 is 2.80 bits per heavy atom. The Balaban J connectivity index is 1.96. The van der Waals surface area contributed by atoms with Gasteiger partial charge < -0.3 is 29.5 Å². The highest BCUT2D eigenvalue weighted by Gasteiger charge is 2.57. The molecule has 0 saturated carbocycles. The summed E-state index contributed by atoms with van der Waals surface area (Å²) in [6.07, 6.45) is -1.02. The average molecular weight is 344 g/mol. The molecule has 7 nitrogen and oxygen atoms in total. The highest BCUT2D eigenvalue weighted by Crippen LogP contribution is 2.51. The summed E-state index contributed by atoms with van der Waals surface area (Å²) in [4.78, 5) is 13.2. The van der Waals surface area contributed by atoms with E-state index in [1.54, 1.807) is 6.92 Å². The number of phenolic OH excluding ortho intramolecular Hbond substituents is 2. The zero-order valence-electron chi connectivity index (χ0n) is 13.6. The Hall–Kier alpha value is -2.93. The van der Waals surface area contributed by atoms with Crippen LogP contribution in [0.4, 0.5) is 0 Å². The lowest BCUT2D eigenvalue weighted by Crippen LogP contribution is -2.57. The second-order valence-electron chi connectivity index (χ2n) is 6.09. The van der Waals surface area contributed by atoms with Crippen LogP contribution in [0.2, 0.25) is 0 Å². The van der Waals surface area contributed by atoms with Crippen molar-refractivity contribution in [3.05, 3.63) is 41.0 Å². The van der Waals surface area contributed by atoms with Crippen LogP contribution in [-0.2, 0) is 5.60 Å². The number of para-hydroxylation sites is 1. The van der Waals surface area contributed by atoms with Gasteiger partial charge in [-0.1, -0.05) is 12.1 Å². The maximum Gasteiger partial charge on any atom is 0.210 e. The molecule has 0 unspecified atom stereocenters. The first-order valence-electron chi connectivity index (χ1n) is 7.69. The molecule has 130 valence electrons. The van der Waals surface area contributed by atoms with Crippen molar-refractivity contribution < 1.29 is 34.3 Å². The van der Waals surface area contributed by atoms with Gasteiger partial charge in [0.25, 0.3) is 0 Å². The molecular weight excluding hydrogens is 328 g/mol. The highest BCUT2D eigenvalue weighted by atomic mass is 16.6. The SMILES string of the molecule is COc1cc2c(c(O)c1C)C(=O)[C@]1(O)c3cccc(O)c3OC[C@H]1O2. The van der Waals surface area contributed by atoms with Gasteiger partial charge in [0, 0.05) is 17.2 Å². The van der Waals surface area contributed by atoms with E-state index in [-0.39, 0.29) is 40.7 Å². The number of carbonyl (C=O) groups is 1. The Bertz CT molecular complexity index is 905. The molecule has 0 aliphatic carbocycles. The summed E-state index contributed by atoms with van der Waals surface area (Å²) < 4.78 is 16.4. The van der Waals surface area contributed by atoms with Crippen molar-refractivity contribution in [2.24, 2.45) is 0 Å². The van der Waals surface area contributed by atoms with Gasteiger partial charge in [0.2, 0.25) is 5.78 Å². The summed E-state index contributed by atoms with van der Waals surface area (Å²) >= 11 is 0. The van der Waals surface area contributed by atoms with Gasteiger partial charge >= 0.3 is 0 Å². The number of phenols is 2. The first-order chi connectivity index (χ1) is 11.9. The summed E-state index contributed by atoms with van der Waals surface area (Å²) in [5.41, 5.74) is -1.72. The molecule has 2 aromatic carbocycles. The van der Waals surface area contributed by atoms with Crippen molar-refractivity contribution in [1.29, 1.82) is 0 Å². The van der Waals surface area contributed by atoms with E-state index >= 15 is 0 Å². The van der Waals surface area contributed by atoms with Gasteiger partial charge in [-0.15, -0.1) is 0 Å².